The number of amides is 2. The Balaban J connectivity index is 1.55. The van der Waals surface area contributed by atoms with Crippen molar-refractivity contribution in [1.29, 1.82) is 0 Å². The van der Waals surface area contributed by atoms with Crippen molar-refractivity contribution in [3.63, 3.8) is 0 Å². The molecule has 3 rings (SSSR count). The number of fused-ring (bicyclic) bond motifs is 1. The third kappa shape index (κ3) is 3.91. The topological polar surface area (TPSA) is 67.9 Å². The number of benzene rings is 2. The van der Waals surface area contributed by atoms with Crippen LogP contribution in [0.2, 0.25) is 0 Å². The van der Waals surface area contributed by atoms with E-state index in [1.807, 2.05) is 24.3 Å². The number of para-hydroxylation sites is 2. The van der Waals surface area contributed by atoms with Gasteiger partial charge in [0, 0.05) is 26.2 Å². The summed E-state index contributed by atoms with van der Waals surface area (Å²) in [5.41, 5.74) is 1.52. The van der Waals surface area contributed by atoms with Crippen LogP contribution in [0.3, 0.4) is 0 Å². The monoisotopic (exact) mass is 340 g/mol. The Morgan fingerprint density at radius 3 is 2.44 bits per heavy atom. The fourth-order valence-corrected chi connectivity index (χ4v) is 2.48. The summed E-state index contributed by atoms with van der Waals surface area (Å²) in [4.78, 5) is 25.6. The summed E-state index contributed by atoms with van der Waals surface area (Å²) < 4.78 is 11.2. The summed E-state index contributed by atoms with van der Waals surface area (Å²) in [7, 11) is 3.42. The molecule has 2 aromatic rings. The van der Waals surface area contributed by atoms with Crippen LogP contribution in [-0.4, -0.2) is 43.5 Å². The van der Waals surface area contributed by atoms with Crippen LogP contribution >= 0.6 is 0 Å². The van der Waals surface area contributed by atoms with E-state index < -0.39 is 6.10 Å². The highest BCUT2D eigenvalue weighted by Crippen LogP contribution is 2.30. The molecule has 6 heteroatoms. The van der Waals surface area contributed by atoms with Gasteiger partial charge in [0.1, 0.15) is 6.61 Å². The minimum atomic E-state index is -0.676. The van der Waals surface area contributed by atoms with Gasteiger partial charge in [-0.1, -0.05) is 24.3 Å². The van der Waals surface area contributed by atoms with E-state index in [4.69, 9.17) is 9.47 Å². The fourth-order valence-electron chi connectivity index (χ4n) is 2.48. The van der Waals surface area contributed by atoms with Crippen LogP contribution in [0.15, 0.2) is 48.5 Å². The van der Waals surface area contributed by atoms with Crippen LogP contribution in [0.4, 0.5) is 0 Å². The second-order valence-corrected chi connectivity index (χ2v) is 5.98. The molecule has 0 unspecified atom stereocenters. The van der Waals surface area contributed by atoms with E-state index in [1.165, 1.54) is 4.90 Å². The number of carbonyl (C=O) groups is 2. The first-order valence-electron chi connectivity index (χ1n) is 8.01. The molecule has 0 saturated heterocycles. The van der Waals surface area contributed by atoms with Gasteiger partial charge < -0.3 is 19.7 Å². The molecule has 6 nitrogen and oxygen atoms in total. The highest BCUT2D eigenvalue weighted by molar-refractivity contribution is 5.93. The third-order valence-electron chi connectivity index (χ3n) is 3.87. The molecule has 1 atom stereocenters. The first kappa shape index (κ1) is 16.8. The minimum absolute atomic E-state index is 0.0537. The molecular formula is C19H20N2O4. The maximum atomic E-state index is 12.3. The summed E-state index contributed by atoms with van der Waals surface area (Å²) in [6, 6.07) is 14.4. The largest absolute Gasteiger partial charge is 0.485 e. The lowest BCUT2D eigenvalue weighted by molar-refractivity contribution is -0.130. The average molecular weight is 340 g/mol. The van der Waals surface area contributed by atoms with Gasteiger partial charge in [-0.2, -0.15) is 0 Å². The predicted octanol–water partition coefficient (Wildman–Crippen LogP) is 1.84. The Kier molecular flexibility index (Phi) is 4.88. The molecule has 1 aliphatic heterocycles. The van der Waals surface area contributed by atoms with Crippen molar-refractivity contribution in [2.75, 3.05) is 20.7 Å². The second kappa shape index (κ2) is 7.25. The van der Waals surface area contributed by atoms with E-state index in [0.29, 0.717) is 23.6 Å². The Hall–Kier alpha value is -3.02. The summed E-state index contributed by atoms with van der Waals surface area (Å²) in [6.07, 6.45) is -0.676. The number of nitrogens with zero attached hydrogens (tertiary/aromatic N) is 1. The number of nitrogens with one attached hydrogen (secondary N) is 1. The molecule has 0 fully saturated rings. The lowest BCUT2D eigenvalue weighted by atomic mass is 10.1. The molecule has 1 aliphatic rings. The molecule has 25 heavy (non-hydrogen) atoms. The van der Waals surface area contributed by atoms with Gasteiger partial charge in [0.05, 0.1) is 0 Å². The van der Waals surface area contributed by atoms with Crippen molar-refractivity contribution in [2.24, 2.45) is 0 Å². The molecule has 0 aromatic heterocycles. The van der Waals surface area contributed by atoms with Crippen molar-refractivity contribution in [3.8, 4) is 11.5 Å². The second-order valence-electron chi connectivity index (χ2n) is 5.98. The van der Waals surface area contributed by atoms with E-state index in [1.54, 1.807) is 38.4 Å². The first-order chi connectivity index (χ1) is 12.0. The Labute approximate surface area is 146 Å². The van der Waals surface area contributed by atoms with Crippen LogP contribution in [0.1, 0.15) is 15.9 Å². The smallest absolute Gasteiger partial charge is 0.264 e. The van der Waals surface area contributed by atoms with Gasteiger partial charge in [0.2, 0.25) is 6.10 Å². The molecule has 1 N–H and O–H groups in total. The van der Waals surface area contributed by atoms with Gasteiger partial charge in [-0.25, -0.2) is 0 Å². The number of carbonyl (C=O) groups excluding carboxylic acids is 2. The standard InChI is InChI=1S/C19H20N2O4/c1-21(2)19(23)14-9-7-13(8-10-14)11-20-18(22)17-12-24-15-5-3-4-6-16(15)25-17/h3-10,17H,11-12H2,1-2H3,(H,20,22)/t17-/m0/s1. The Bertz CT molecular complexity index is 771. The van der Waals surface area contributed by atoms with E-state index >= 15 is 0 Å². The van der Waals surface area contributed by atoms with Crippen LogP contribution in [0.5, 0.6) is 11.5 Å². The van der Waals surface area contributed by atoms with Crippen molar-refractivity contribution in [2.45, 2.75) is 12.6 Å². The fraction of sp³-hybridized carbons (Fsp3) is 0.263. The zero-order valence-corrected chi connectivity index (χ0v) is 14.2. The molecule has 2 aromatic carbocycles. The summed E-state index contributed by atoms with van der Waals surface area (Å²) in [5, 5.41) is 2.83. The van der Waals surface area contributed by atoms with Crippen molar-refractivity contribution >= 4 is 11.8 Å². The quantitative estimate of drug-likeness (QED) is 0.922. The minimum Gasteiger partial charge on any atom is -0.485 e. The number of hydrogen-bond donors (Lipinski definition) is 1. The number of rotatable bonds is 4. The summed E-state index contributed by atoms with van der Waals surface area (Å²) >= 11 is 0. The van der Waals surface area contributed by atoms with E-state index in [-0.39, 0.29) is 18.4 Å². The maximum Gasteiger partial charge on any atom is 0.264 e. The molecule has 2 amide bonds. The Morgan fingerprint density at radius 1 is 1.08 bits per heavy atom. The van der Waals surface area contributed by atoms with Crippen molar-refractivity contribution in [3.05, 3.63) is 59.7 Å². The Morgan fingerprint density at radius 2 is 1.76 bits per heavy atom. The molecule has 1 heterocycles. The van der Waals surface area contributed by atoms with Gasteiger partial charge in [-0.3, -0.25) is 9.59 Å². The van der Waals surface area contributed by atoms with Gasteiger partial charge in [-0.15, -0.1) is 0 Å². The summed E-state index contributed by atoms with van der Waals surface area (Å²) in [6.45, 7) is 0.538. The number of hydrogen-bond acceptors (Lipinski definition) is 4. The molecule has 0 spiro atoms. The zero-order chi connectivity index (χ0) is 17.8. The SMILES string of the molecule is CN(C)C(=O)c1ccc(CNC(=O)[C@@H]2COc3ccccc3O2)cc1. The van der Waals surface area contributed by atoms with Crippen LogP contribution < -0.4 is 14.8 Å². The highest BCUT2D eigenvalue weighted by atomic mass is 16.6. The molecule has 0 bridgehead atoms. The van der Waals surface area contributed by atoms with Crippen LogP contribution in [0.25, 0.3) is 0 Å². The molecular weight excluding hydrogens is 320 g/mol. The average Bonchev–Trinajstić information content (AvgIpc) is 2.65. The predicted molar refractivity (Wildman–Crippen MR) is 92.7 cm³/mol. The van der Waals surface area contributed by atoms with Gasteiger partial charge in [0.25, 0.3) is 11.8 Å². The van der Waals surface area contributed by atoms with Gasteiger partial charge in [0.15, 0.2) is 11.5 Å². The third-order valence-corrected chi connectivity index (χ3v) is 3.87. The molecule has 0 saturated carbocycles. The number of ether oxygens (including phenoxy) is 2. The first-order valence-corrected chi connectivity index (χ1v) is 8.01. The molecule has 0 radical (unpaired) electrons. The lowest BCUT2D eigenvalue weighted by Gasteiger charge is -2.25. The maximum absolute atomic E-state index is 12.3. The zero-order valence-electron chi connectivity index (χ0n) is 14.2. The lowest BCUT2D eigenvalue weighted by Crippen LogP contribution is -2.43. The highest BCUT2D eigenvalue weighted by Gasteiger charge is 2.26. The van der Waals surface area contributed by atoms with Crippen molar-refractivity contribution < 1.29 is 19.1 Å². The summed E-state index contributed by atoms with van der Waals surface area (Å²) in [5.74, 6) is 0.929. The normalized spacial score (nSPS) is 15.4. The van der Waals surface area contributed by atoms with E-state index in [9.17, 15) is 9.59 Å². The van der Waals surface area contributed by atoms with Crippen LogP contribution in [-0.2, 0) is 11.3 Å². The van der Waals surface area contributed by atoms with Gasteiger partial charge in [-0.05, 0) is 29.8 Å². The van der Waals surface area contributed by atoms with E-state index in [0.717, 1.165) is 5.56 Å². The molecule has 0 aliphatic carbocycles. The molecule has 130 valence electrons. The van der Waals surface area contributed by atoms with Crippen molar-refractivity contribution in [1.82, 2.24) is 10.2 Å². The van der Waals surface area contributed by atoms with E-state index in [2.05, 4.69) is 5.32 Å². The van der Waals surface area contributed by atoms with Crippen LogP contribution in [0, 0.1) is 0 Å². The van der Waals surface area contributed by atoms with Gasteiger partial charge >= 0.3 is 0 Å².